The van der Waals surface area contributed by atoms with Gasteiger partial charge in [-0.1, -0.05) is 0 Å². The van der Waals surface area contributed by atoms with E-state index in [1.165, 1.54) is 7.11 Å². The first-order valence-electron chi connectivity index (χ1n) is 11.0. The van der Waals surface area contributed by atoms with Crippen LogP contribution in [0.25, 0.3) is 0 Å². The van der Waals surface area contributed by atoms with E-state index in [4.69, 9.17) is 28.4 Å². The summed E-state index contributed by atoms with van der Waals surface area (Å²) < 4.78 is 31.9. The maximum atomic E-state index is 10.8. The normalized spacial score (nSPS) is 51.3. The Balaban J connectivity index is 1.69. The van der Waals surface area contributed by atoms with E-state index in [2.05, 4.69) is 0 Å². The van der Waals surface area contributed by atoms with Gasteiger partial charge in [0.2, 0.25) is 0 Å². The molecule has 0 saturated carbocycles. The molecule has 35 heavy (non-hydrogen) atoms. The predicted octanol–water partition coefficient (Wildman–Crippen LogP) is -6.92. The van der Waals surface area contributed by atoms with Gasteiger partial charge < -0.3 is 79.5 Å². The maximum Gasteiger partial charge on any atom is 0.187 e. The van der Waals surface area contributed by atoms with Crippen molar-refractivity contribution in [3.05, 3.63) is 0 Å². The molecule has 3 aliphatic heterocycles. The predicted molar refractivity (Wildman–Crippen MR) is 106 cm³/mol. The molecule has 0 aromatic heterocycles. The molecule has 0 bridgehead atoms. The van der Waals surface area contributed by atoms with Gasteiger partial charge in [0.05, 0.1) is 19.8 Å². The molecule has 3 aliphatic rings. The number of hydrogen-bond donors (Lipinski definition) is 10. The molecule has 0 aromatic carbocycles. The summed E-state index contributed by atoms with van der Waals surface area (Å²) in [6.45, 7) is -1.93. The van der Waals surface area contributed by atoms with Crippen LogP contribution in [-0.4, -0.2) is 170 Å². The third-order valence-corrected chi connectivity index (χ3v) is 6.29. The van der Waals surface area contributed by atoms with Gasteiger partial charge >= 0.3 is 0 Å². The van der Waals surface area contributed by atoms with Crippen LogP contribution >= 0.6 is 0 Å². The Kier molecular flexibility index (Phi) is 10.1. The van der Waals surface area contributed by atoms with Crippen LogP contribution in [0.3, 0.4) is 0 Å². The fraction of sp³-hybridized carbons (Fsp3) is 1.00. The van der Waals surface area contributed by atoms with E-state index in [0.717, 1.165) is 0 Å². The average Bonchev–Trinajstić information content (AvgIpc) is 2.85. The van der Waals surface area contributed by atoms with Crippen molar-refractivity contribution in [3.8, 4) is 0 Å². The van der Waals surface area contributed by atoms with Crippen molar-refractivity contribution in [1.29, 1.82) is 0 Å². The Morgan fingerprint density at radius 1 is 0.543 bits per heavy atom. The molecule has 0 aromatic rings. The highest BCUT2D eigenvalue weighted by Crippen LogP contribution is 2.30. The molecule has 3 rings (SSSR count). The van der Waals surface area contributed by atoms with E-state index >= 15 is 0 Å². The van der Waals surface area contributed by atoms with Crippen molar-refractivity contribution < 1.29 is 79.5 Å². The second-order valence-electron chi connectivity index (χ2n) is 8.59. The molecule has 10 N–H and O–H groups in total. The van der Waals surface area contributed by atoms with Crippen LogP contribution in [-0.2, 0) is 28.4 Å². The van der Waals surface area contributed by atoms with Gasteiger partial charge in [0.15, 0.2) is 18.9 Å². The minimum absolute atomic E-state index is 0.523. The fourth-order valence-corrected chi connectivity index (χ4v) is 4.13. The van der Waals surface area contributed by atoms with Crippen LogP contribution in [0.1, 0.15) is 0 Å². The van der Waals surface area contributed by atoms with Crippen LogP contribution in [0.5, 0.6) is 0 Å². The molecule has 16 heteroatoms. The summed E-state index contributed by atoms with van der Waals surface area (Å²) in [6, 6.07) is 0. The van der Waals surface area contributed by atoms with E-state index in [-0.39, 0.29) is 0 Å². The number of aliphatic hydroxyl groups is 10. The summed E-state index contributed by atoms with van der Waals surface area (Å²) in [6.07, 6.45) is -23.5. The zero-order valence-electron chi connectivity index (χ0n) is 18.7. The van der Waals surface area contributed by atoms with Gasteiger partial charge in [-0.2, -0.15) is 0 Å². The van der Waals surface area contributed by atoms with Gasteiger partial charge in [-0.15, -0.1) is 0 Å². The van der Waals surface area contributed by atoms with Gasteiger partial charge in [0.25, 0.3) is 0 Å². The Morgan fingerprint density at radius 3 is 1.54 bits per heavy atom. The van der Waals surface area contributed by atoms with Crippen molar-refractivity contribution in [3.63, 3.8) is 0 Å². The SMILES string of the molecule is CO[C@@H]1O[C@H](CO[C@@H]2O[C@H](CO)[C@H](O)[C@H](O)[C@H]2O)[C@H](O)[C@H](O[C@@H]2O[C@H](CO)[C@H](O)[C@H](O)[C@H]2O)[C@H]1O. The minimum atomic E-state index is -1.81. The van der Waals surface area contributed by atoms with Crippen molar-refractivity contribution >= 4 is 0 Å². The van der Waals surface area contributed by atoms with Crippen molar-refractivity contribution in [1.82, 2.24) is 0 Å². The first-order valence-corrected chi connectivity index (χ1v) is 11.0. The molecule has 16 nitrogen and oxygen atoms in total. The summed E-state index contributed by atoms with van der Waals surface area (Å²) in [5.41, 5.74) is 0. The van der Waals surface area contributed by atoms with Crippen LogP contribution in [0.2, 0.25) is 0 Å². The zero-order chi connectivity index (χ0) is 26.0. The molecule has 0 unspecified atom stereocenters. The summed E-state index contributed by atoms with van der Waals surface area (Å²) in [5, 5.41) is 99.9. The van der Waals surface area contributed by atoms with Gasteiger partial charge in [0.1, 0.15) is 73.2 Å². The lowest BCUT2D eigenvalue weighted by atomic mass is 9.97. The lowest BCUT2D eigenvalue weighted by Crippen LogP contribution is -2.65. The molecule has 15 atom stereocenters. The molecule has 0 amide bonds. The summed E-state index contributed by atoms with van der Waals surface area (Å²) in [7, 11) is 1.19. The average molecular weight is 518 g/mol. The minimum Gasteiger partial charge on any atom is -0.394 e. The molecule has 206 valence electrons. The fourth-order valence-electron chi connectivity index (χ4n) is 4.13. The third kappa shape index (κ3) is 5.93. The number of methoxy groups -OCH3 is 1. The van der Waals surface area contributed by atoms with E-state index in [1.807, 2.05) is 0 Å². The monoisotopic (exact) mass is 518 g/mol. The number of aliphatic hydroxyl groups excluding tert-OH is 10. The molecule has 3 heterocycles. The van der Waals surface area contributed by atoms with E-state index < -0.39 is 112 Å². The molecular formula is C19H34O16. The summed E-state index contributed by atoms with van der Waals surface area (Å²) >= 11 is 0. The standard InChI is InChI=1S/C19H34O16/c1-30-17-15(29)16(35-19-14(28)12(26)9(23)6(3-21)33-19)10(24)7(34-17)4-31-18-13(27)11(25)8(22)5(2-20)32-18/h5-29H,2-4H2,1H3/t5-,6-,7-,8+,9+,10+,11+,12+,13-,14-,15-,16+,17-,18-,19+/m1/s1. The Hall–Kier alpha value is -0.640. The third-order valence-electron chi connectivity index (χ3n) is 6.29. The molecule has 0 radical (unpaired) electrons. The second-order valence-corrected chi connectivity index (χ2v) is 8.59. The Morgan fingerprint density at radius 2 is 1.03 bits per heavy atom. The lowest BCUT2D eigenvalue weighted by Gasteiger charge is -2.46. The first-order chi connectivity index (χ1) is 16.5. The molecule has 3 saturated heterocycles. The van der Waals surface area contributed by atoms with E-state index in [9.17, 15) is 51.1 Å². The maximum absolute atomic E-state index is 10.8. The largest absolute Gasteiger partial charge is 0.394 e. The first kappa shape index (κ1) is 28.9. The lowest BCUT2D eigenvalue weighted by molar-refractivity contribution is -0.364. The molecule has 0 spiro atoms. The topological polar surface area (TPSA) is 258 Å². The highest BCUT2D eigenvalue weighted by atomic mass is 16.7. The summed E-state index contributed by atoms with van der Waals surface area (Å²) in [4.78, 5) is 0. The number of hydrogen-bond acceptors (Lipinski definition) is 16. The van der Waals surface area contributed by atoms with Crippen molar-refractivity contribution in [2.45, 2.75) is 92.1 Å². The van der Waals surface area contributed by atoms with Gasteiger partial charge in [-0.25, -0.2) is 0 Å². The van der Waals surface area contributed by atoms with Crippen LogP contribution in [0.4, 0.5) is 0 Å². The highest BCUT2D eigenvalue weighted by molar-refractivity contribution is 4.95. The van der Waals surface area contributed by atoms with Gasteiger partial charge in [-0.3, -0.25) is 0 Å². The Labute approximate surface area is 199 Å². The van der Waals surface area contributed by atoms with Gasteiger partial charge in [-0.05, 0) is 0 Å². The van der Waals surface area contributed by atoms with E-state index in [0.29, 0.717) is 0 Å². The van der Waals surface area contributed by atoms with Crippen molar-refractivity contribution in [2.24, 2.45) is 0 Å². The molecular weight excluding hydrogens is 484 g/mol. The number of ether oxygens (including phenoxy) is 6. The second kappa shape index (κ2) is 12.3. The van der Waals surface area contributed by atoms with Crippen molar-refractivity contribution in [2.75, 3.05) is 26.9 Å². The van der Waals surface area contributed by atoms with Crippen LogP contribution < -0.4 is 0 Å². The van der Waals surface area contributed by atoms with Crippen LogP contribution in [0, 0.1) is 0 Å². The smallest absolute Gasteiger partial charge is 0.187 e. The van der Waals surface area contributed by atoms with Gasteiger partial charge in [0, 0.05) is 7.11 Å². The highest BCUT2D eigenvalue weighted by Gasteiger charge is 2.51. The Bertz CT molecular complexity index is 652. The molecule has 3 fully saturated rings. The zero-order valence-corrected chi connectivity index (χ0v) is 18.7. The number of rotatable bonds is 8. The quantitative estimate of drug-likeness (QED) is 0.143. The molecule has 0 aliphatic carbocycles. The summed E-state index contributed by atoms with van der Waals surface area (Å²) in [5.74, 6) is 0. The van der Waals surface area contributed by atoms with Crippen LogP contribution in [0.15, 0.2) is 0 Å². The van der Waals surface area contributed by atoms with E-state index in [1.54, 1.807) is 0 Å².